The van der Waals surface area contributed by atoms with Gasteiger partial charge < -0.3 is 9.47 Å². The number of benzene rings is 1. The molecule has 0 N–H and O–H groups in total. The van der Waals surface area contributed by atoms with E-state index in [4.69, 9.17) is 9.47 Å². The number of rotatable bonds is 15. The van der Waals surface area contributed by atoms with Crippen LogP contribution in [0.15, 0.2) is 30.3 Å². The minimum Gasteiger partial charge on any atom is -0.491 e. The van der Waals surface area contributed by atoms with Gasteiger partial charge in [-0.2, -0.15) is 0 Å². The fourth-order valence-electron chi connectivity index (χ4n) is 2.53. The first-order chi connectivity index (χ1) is 10.9. The summed E-state index contributed by atoms with van der Waals surface area (Å²) in [4.78, 5) is 0. The quantitative estimate of drug-likeness (QED) is 0.370. The molecule has 0 spiro atoms. The van der Waals surface area contributed by atoms with E-state index in [1.807, 2.05) is 30.3 Å². The average Bonchev–Trinajstić information content (AvgIpc) is 2.56. The Hall–Kier alpha value is -1.02. The van der Waals surface area contributed by atoms with Crippen molar-refractivity contribution in [2.24, 2.45) is 0 Å². The normalized spacial score (nSPS) is 10.8. The molecular formula is C20H34O2. The number of para-hydroxylation sites is 1. The van der Waals surface area contributed by atoms with Gasteiger partial charge in [-0.15, -0.1) is 0 Å². The van der Waals surface area contributed by atoms with Crippen LogP contribution < -0.4 is 4.74 Å². The van der Waals surface area contributed by atoms with Gasteiger partial charge in [0.15, 0.2) is 0 Å². The zero-order valence-corrected chi connectivity index (χ0v) is 14.4. The molecule has 22 heavy (non-hydrogen) atoms. The molecule has 0 aliphatic rings. The maximum atomic E-state index is 5.60. The van der Waals surface area contributed by atoms with Gasteiger partial charge in [-0.1, -0.05) is 82.9 Å². The van der Waals surface area contributed by atoms with Crippen molar-refractivity contribution in [3.05, 3.63) is 30.3 Å². The molecule has 2 heteroatoms. The molecular weight excluding hydrogens is 272 g/mol. The van der Waals surface area contributed by atoms with Crippen LogP contribution in [0.4, 0.5) is 0 Å². The summed E-state index contributed by atoms with van der Waals surface area (Å²) in [5.74, 6) is 0.921. The fraction of sp³-hybridized carbons (Fsp3) is 0.700. The molecule has 0 unspecified atom stereocenters. The van der Waals surface area contributed by atoms with Crippen molar-refractivity contribution in [1.29, 1.82) is 0 Å². The van der Waals surface area contributed by atoms with Crippen molar-refractivity contribution >= 4 is 0 Å². The first-order valence-corrected chi connectivity index (χ1v) is 9.19. The number of ether oxygens (including phenoxy) is 2. The van der Waals surface area contributed by atoms with Crippen molar-refractivity contribution in [1.82, 2.24) is 0 Å². The van der Waals surface area contributed by atoms with Crippen LogP contribution in [0.25, 0.3) is 0 Å². The molecule has 0 saturated heterocycles. The van der Waals surface area contributed by atoms with Gasteiger partial charge in [0.05, 0.1) is 6.61 Å². The third kappa shape index (κ3) is 11.6. The molecule has 1 aromatic rings. The maximum absolute atomic E-state index is 5.60. The molecule has 0 radical (unpaired) electrons. The van der Waals surface area contributed by atoms with E-state index >= 15 is 0 Å². The van der Waals surface area contributed by atoms with Gasteiger partial charge in [0.25, 0.3) is 0 Å². The Kier molecular flexibility index (Phi) is 12.9. The van der Waals surface area contributed by atoms with Gasteiger partial charge in [-0.05, 0) is 18.6 Å². The third-order valence-electron chi connectivity index (χ3n) is 3.88. The minimum absolute atomic E-state index is 0.641. The van der Waals surface area contributed by atoms with Crippen molar-refractivity contribution < 1.29 is 9.47 Å². The van der Waals surface area contributed by atoms with E-state index in [0.29, 0.717) is 13.2 Å². The van der Waals surface area contributed by atoms with Gasteiger partial charge in [0, 0.05) is 6.61 Å². The second-order valence-corrected chi connectivity index (χ2v) is 5.96. The lowest BCUT2D eigenvalue weighted by molar-refractivity contribution is 0.0970. The Morgan fingerprint density at radius 2 is 1.23 bits per heavy atom. The Labute approximate surface area is 137 Å². The zero-order chi connectivity index (χ0) is 15.7. The number of unbranched alkanes of at least 4 members (excludes halogenated alkanes) is 9. The SMILES string of the molecule is CCCCCCCCCCCCOCCOc1ccccc1. The molecule has 0 aliphatic carbocycles. The van der Waals surface area contributed by atoms with E-state index in [2.05, 4.69) is 6.92 Å². The molecule has 0 fully saturated rings. The predicted molar refractivity (Wildman–Crippen MR) is 94.6 cm³/mol. The van der Waals surface area contributed by atoms with E-state index in [1.54, 1.807) is 0 Å². The van der Waals surface area contributed by atoms with Crippen LogP contribution in [0.3, 0.4) is 0 Å². The third-order valence-corrected chi connectivity index (χ3v) is 3.88. The molecule has 0 aliphatic heterocycles. The van der Waals surface area contributed by atoms with Gasteiger partial charge in [-0.3, -0.25) is 0 Å². The second kappa shape index (κ2) is 14.9. The van der Waals surface area contributed by atoms with Crippen molar-refractivity contribution in [2.45, 2.75) is 71.1 Å². The van der Waals surface area contributed by atoms with Crippen LogP contribution in [0.5, 0.6) is 5.75 Å². The van der Waals surface area contributed by atoms with E-state index in [-0.39, 0.29) is 0 Å². The smallest absolute Gasteiger partial charge is 0.119 e. The summed E-state index contributed by atoms with van der Waals surface area (Å²) >= 11 is 0. The Bertz CT molecular complexity index is 324. The highest BCUT2D eigenvalue weighted by Gasteiger charge is 1.94. The van der Waals surface area contributed by atoms with Gasteiger partial charge in [0.2, 0.25) is 0 Å². The topological polar surface area (TPSA) is 18.5 Å². The molecule has 0 bridgehead atoms. The highest BCUT2D eigenvalue weighted by Crippen LogP contribution is 2.10. The summed E-state index contributed by atoms with van der Waals surface area (Å²) in [7, 11) is 0. The molecule has 0 saturated carbocycles. The minimum atomic E-state index is 0.641. The van der Waals surface area contributed by atoms with Gasteiger partial charge in [-0.25, -0.2) is 0 Å². The largest absolute Gasteiger partial charge is 0.491 e. The van der Waals surface area contributed by atoms with Crippen LogP contribution in [-0.2, 0) is 4.74 Å². The zero-order valence-electron chi connectivity index (χ0n) is 14.4. The molecule has 1 rings (SSSR count). The van der Waals surface area contributed by atoms with Crippen LogP contribution in [0, 0.1) is 0 Å². The Morgan fingerprint density at radius 3 is 1.86 bits per heavy atom. The summed E-state index contributed by atoms with van der Waals surface area (Å²) in [5.41, 5.74) is 0. The summed E-state index contributed by atoms with van der Waals surface area (Å²) in [6.45, 7) is 4.47. The van der Waals surface area contributed by atoms with Crippen molar-refractivity contribution in [2.75, 3.05) is 19.8 Å². The highest BCUT2D eigenvalue weighted by atomic mass is 16.5. The van der Waals surface area contributed by atoms with Crippen LogP contribution in [-0.4, -0.2) is 19.8 Å². The second-order valence-electron chi connectivity index (χ2n) is 5.96. The molecule has 0 amide bonds. The predicted octanol–water partition coefficient (Wildman–Crippen LogP) is 6.00. The molecule has 0 aromatic heterocycles. The van der Waals surface area contributed by atoms with E-state index < -0.39 is 0 Å². The van der Waals surface area contributed by atoms with Crippen LogP contribution in [0.2, 0.25) is 0 Å². The lowest BCUT2D eigenvalue weighted by Crippen LogP contribution is -2.07. The van der Waals surface area contributed by atoms with Crippen LogP contribution in [0.1, 0.15) is 71.1 Å². The van der Waals surface area contributed by atoms with Gasteiger partial charge >= 0.3 is 0 Å². The van der Waals surface area contributed by atoms with E-state index in [9.17, 15) is 0 Å². The lowest BCUT2D eigenvalue weighted by atomic mass is 10.1. The average molecular weight is 306 g/mol. The molecule has 0 atom stereocenters. The standard InChI is InChI=1S/C20H34O2/c1-2-3-4-5-6-7-8-9-10-14-17-21-18-19-22-20-15-12-11-13-16-20/h11-13,15-16H,2-10,14,17-19H2,1H3. The van der Waals surface area contributed by atoms with E-state index in [1.165, 1.54) is 64.2 Å². The Morgan fingerprint density at radius 1 is 0.636 bits per heavy atom. The number of hydrogen-bond donors (Lipinski definition) is 0. The van der Waals surface area contributed by atoms with Crippen molar-refractivity contribution in [3.63, 3.8) is 0 Å². The highest BCUT2D eigenvalue weighted by molar-refractivity contribution is 5.20. The summed E-state index contributed by atoms with van der Waals surface area (Å²) in [5, 5.41) is 0. The van der Waals surface area contributed by atoms with Crippen LogP contribution >= 0.6 is 0 Å². The first-order valence-electron chi connectivity index (χ1n) is 9.19. The number of hydrogen-bond acceptors (Lipinski definition) is 2. The summed E-state index contributed by atoms with van der Waals surface area (Å²) in [6.07, 6.45) is 13.7. The maximum Gasteiger partial charge on any atom is 0.119 e. The van der Waals surface area contributed by atoms with Gasteiger partial charge in [0.1, 0.15) is 12.4 Å². The molecule has 0 heterocycles. The van der Waals surface area contributed by atoms with Crippen molar-refractivity contribution in [3.8, 4) is 5.75 Å². The monoisotopic (exact) mass is 306 g/mol. The molecule has 2 nitrogen and oxygen atoms in total. The summed E-state index contributed by atoms with van der Waals surface area (Å²) < 4.78 is 11.2. The molecule has 126 valence electrons. The molecule has 1 aromatic carbocycles. The Balaban J connectivity index is 1.73. The summed E-state index contributed by atoms with van der Waals surface area (Å²) in [6, 6.07) is 9.92. The lowest BCUT2D eigenvalue weighted by Gasteiger charge is -2.07. The fourth-order valence-corrected chi connectivity index (χ4v) is 2.53. The first kappa shape index (κ1) is 19.0. The van der Waals surface area contributed by atoms with E-state index in [0.717, 1.165) is 12.4 Å².